The van der Waals surface area contributed by atoms with Gasteiger partial charge in [0.1, 0.15) is 0 Å². The van der Waals surface area contributed by atoms with Gasteiger partial charge in [-0.3, -0.25) is 9.59 Å². The number of esters is 1. The Labute approximate surface area is 106 Å². The Bertz CT molecular complexity index is 332. The summed E-state index contributed by atoms with van der Waals surface area (Å²) < 4.78 is 10.5. The standard InChI is InChI=1S/C13H20O5/c1-17-12(16)10(11(14)15)9-4-7-18-13(8-9)5-2-3-6-13/h9-10H,2-8H2,1H3,(H,14,15). The number of methoxy groups -OCH3 is 1. The third-order valence-electron chi connectivity index (χ3n) is 4.24. The van der Waals surface area contributed by atoms with Gasteiger partial charge < -0.3 is 14.6 Å². The molecule has 0 radical (unpaired) electrons. The summed E-state index contributed by atoms with van der Waals surface area (Å²) in [5, 5.41) is 9.22. The van der Waals surface area contributed by atoms with E-state index >= 15 is 0 Å². The minimum atomic E-state index is -1.08. The van der Waals surface area contributed by atoms with Gasteiger partial charge >= 0.3 is 11.9 Å². The van der Waals surface area contributed by atoms with E-state index in [0.29, 0.717) is 19.4 Å². The van der Waals surface area contributed by atoms with Gasteiger partial charge in [-0.25, -0.2) is 0 Å². The minimum absolute atomic E-state index is 0.165. The average Bonchev–Trinajstić information content (AvgIpc) is 2.77. The molecule has 102 valence electrons. The molecule has 1 aliphatic carbocycles. The highest BCUT2D eigenvalue weighted by molar-refractivity contribution is 5.94. The number of hydrogen-bond donors (Lipinski definition) is 1. The van der Waals surface area contributed by atoms with Crippen molar-refractivity contribution < 1.29 is 24.2 Å². The summed E-state index contributed by atoms with van der Waals surface area (Å²) in [5.41, 5.74) is -0.176. The topological polar surface area (TPSA) is 72.8 Å². The minimum Gasteiger partial charge on any atom is -0.481 e. The number of carbonyl (C=O) groups excluding carboxylic acids is 1. The van der Waals surface area contributed by atoms with Gasteiger partial charge in [0, 0.05) is 6.61 Å². The Morgan fingerprint density at radius 2 is 2.06 bits per heavy atom. The smallest absolute Gasteiger partial charge is 0.320 e. The molecular formula is C13H20O5. The van der Waals surface area contributed by atoms with Crippen molar-refractivity contribution in [1.82, 2.24) is 0 Å². The summed E-state index contributed by atoms with van der Waals surface area (Å²) in [6.45, 7) is 0.547. The van der Waals surface area contributed by atoms with Crippen molar-refractivity contribution in [2.24, 2.45) is 11.8 Å². The van der Waals surface area contributed by atoms with Crippen LogP contribution in [-0.4, -0.2) is 36.4 Å². The monoisotopic (exact) mass is 256 g/mol. The third-order valence-corrected chi connectivity index (χ3v) is 4.24. The molecule has 2 aliphatic rings. The van der Waals surface area contributed by atoms with Gasteiger partial charge in [0.2, 0.25) is 0 Å². The zero-order valence-electron chi connectivity index (χ0n) is 10.7. The first-order chi connectivity index (χ1) is 8.58. The molecule has 0 aromatic rings. The molecule has 1 heterocycles. The Kier molecular flexibility index (Phi) is 3.90. The number of rotatable bonds is 3. The first kappa shape index (κ1) is 13.3. The summed E-state index contributed by atoms with van der Waals surface area (Å²) in [4.78, 5) is 22.9. The van der Waals surface area contributed by atoms with Gasteiger partial charge in [0.05, 0.1) is 12.7 Å². The average molecular weight is 256 g/mol. The van der Waals surface area contributed by atoms with Crippen LogP contribution in [0.25, 0.3) is 0 Å². The molecule has 5 heteroatoms. The molecule has 18 heavy (non-hydrogen) atoms. The lowest BCUT2D eigenvalue weighted by Crippen LogP contribution is -2.43. The summed E-state index contributed by atoms with van der Waals surface area (Å²) in [7, 11) is 1.24. The largest absolute Gasteiger partial charge is 0.481 e. The van der Waals surface area contributed by atoms with E-state index in [1.54, 1.807) is 0 Å². The highest BCUT2D eigenvalue weighted by atomic mass is 16.5. The fourth-order valence-corrected chi connectivity index (χ4v) is 3.34. The maximum Gasteiger partial charge on any atom is 0.320 e. The molecule has 5 nitrogen and oxygen atoms in total. The van der Waals surface area contributed by atoms with Crippen molar-refractivity contribution >= 4 is 11.9 Å². The Balaban J connectivity index is 2.10. The fourth-order valence-electron chi connectivity index (χ4n) is 3.34. The molecular weight excluding hydrogens is 236 g/mol. The van der Waals surface area contributed by atoms with Gasteiger partial charge in [-0.15, -0.1) is 0 Å². The zero-order chi connectivity index (χ0) is 13.2. The molecule has 0 aromatic carbocycles. The van der Waals surface area contributed by atoms with Gasteiger partial charge in [0.25, 0.3) is 0 Å². The van der Waals surface area contributed by atoms with Crippen LogP contribution in [0.4, 0.5) is 0 Å². The van der Waals surface area contributed by atoms with Crippen LogP contribution in [0.5, 0.6) is 0 Å². The summed E-state index contributed by atoms with van der Waals surface area (Å²) in [6, 6.07) is 0. The molecule has 1 saturated carbocycles. The van der Waals surface area contributed by atoms with Crippen molar-refractivity contribution in [2.45, 2.75) is 44.1 Å². The molecule has 2 atom stereocenters. The van der Waals surface area contributed by atoms with Gasteiger partial charge in [0.15, 0.2) is 5.92 Å². The van der Waals surface area contributed by atoms with Crippen LogP contribution in [0.15, 0.2) is 0 Å². The second-order valence-corrected chi connectivity index (χ2v) is 5.33. The molecule has 1 aliphatic heterocycles. The molecule has 0 amide bonds. The predicted molar refractivity (Wildman–Crippen MR) is 63.0 cm³/mol. The number of carbonyl (C=O) groups is 2. The van der Waals surface area contributed by atoms with Crippen molar-refractivity contribution in [1.29, 1.82) is 0 Å². The summed E-state index contributed by atoms with van der Waals surface area (Å²) in [5.74, 6) is -2.93. The summed E-state index contributed by atoms with van der Waals surface area (Å²) in [6.07, 6.45) is 5.51. The molecule has 2 unspecified atom stereocenters. The molecule has 2 rings (SSSR count). The van der Waals surface area contributed by atoms with Crippen molar-refractivity contribution in [2.75, 3.05) is 13.7 Å². The normalized spacial score (nSPS) is 27.9. The number of hydrogen-bond acceptors (Lipinski definition) is 4. The highest BCUT2D eigenvalue weighted by Gasteiger charge is 2.46. The van der Waals surface area contributed by atoms with E-state index in [9.17, 15) is 14.7 Å². The Hall–Kier alpha value is -1.10. The van der Waals surface area contributed by atoms with E-state index in [1.165, 1.54) is 7.11 Å². The zero-order valence-corrected chi connectivity index (χ0v) is 10.7. The van der Waals surface area contributed by atoms with Crippen molar-refractivity contribution in [3.63, 3.8) is 0 Å². The molecule has 1 spiro atoms. The second-order valence-electron chi connectivity index (χ2n) is 5.33. The van der Waals surface area contributed by atoms with Crippen LogP contribution < -0.4 is 0 Å². The highest BCUT2D eigenvalue weighted by Crippen LogP contribution is 2.44. The predicted octanol–water partition coefficient (Wildman–Crippen LogP) is 1.60. The van der Waals surface area contributed by atoms with E-state index in [-0.39, 0.29) is 11.5 Å². The molecule has 1 saturated heterocycles. The second kappa shape index (κ2) is 5.26. The van der Waals surface area contributed by atoms with Gasteiger partial charge in [-0.1, -0.05) is 12.8 Å². The Morgan fingerprint density at radius 3 is 2.61 bits per heavy atom. The third kappa shape index (κ3) is 2.51. The van der Waals surface area contributed by atoms with Crippen LogP contribution in [0, 0.1) is 11.8 Å². The maximum absolute atomic E-state index is 11.6. The molecule has 0 aromatic heterocycles. The summed E-state index contributed by atoms with van der Waals surface area (Å²) >= 11 is 0. The number of carboxylic acids is 1. The van der Waals surface area contributed by atoms with Crippen LogP contribution in [0.1, 0.15) is 38.5 Å². The number of aliphatic carboxylic acids is 1. The van der Waals surface area contributed by atoms with E-state index in [0.717, 1.165) is 25.7 Å². The van der Waals surface area contributed by atoms with Crippen LogP contribution in [0.2, 0.25) is 0 Å². The van der Waals surface area contributed by atoms with E-state index in [1.807, 2.05) is 0 Å². The van der Waals surface area contributed by atoms with Crippen LogP contribution in [0.3, 0.4) is 0 Å². The molecule has 2 fully saturated rings. The van der Waals surface area contributed by atoms with Crippen LogP contribution >= 0.6 is 0 Å². The first-order valence-electron chi connectivity index (χ1n) is 6.52. The lowest BCUT2D eigenvalue weighted by atomic mass is 9.77. The molecule has 0 bridgehead atoms. The van der Waals surface area contributed by atoms with Crippen molar-refractivity contribution in [3.8, 4) is 0 Å². The first-order valence-corrected chi connectivity index (χ1v) is 6.52. The lowest BCUT2D eigenvalue weighted by molar-refractivity contribution is -0.165. The Morgan fingerprint density at radius 1 is 1.39 bits per heavy atom. The van der Waals surface area contributed by atoms with Crippen LogP contribution in [-0.2, 0) is 19.1 Å². The number of carboxylic acid groups (broad SMARTS) is 1. The van der Waals surface area contributed by atoms with E-state index in [2.05, 4.69) is 4.74 Å². The number of ether oxygens (including phenoxy) is 2. The quantitative estimate of drug-likeness (QED) is 0.613. The fraction of sp³-hybridized carbons (Fsp3) is 0.846. The van der Waals surface area contributed by atoms with E-state index < -0.39 is 17.9 Å². The van der Waals surface area contributed by atoms with Gasteiger partial charge in [-0.2, -0.15) is 0 Å². The van der Waals surface area contributed by atoms with Gasteiger partial charge in [-0.05, 0) is 31.6 Å². The van der Waals surface area contributed by atoms with Crippen molar-refractivity contribution in [3.05, 3.63) is 0 Å². The maximum atomic E-state index is 11.6. The lowest BCUT2D eigenvalue weighted by Gasteiger charge is -2.39. The van der Waals surface area contributed by atoms with E-state index in [4.69, 9.17) is 4.74 Å². The SMILES string of the molecule is COC(=O)C(C(=O)O)C1CCOC2(CCCC2)C1. The molecule has 1 N–H and O–H groups in total.